The summed E-state index contributed by atoms with van der Waals surface area (Å²) in [7, 11) is 0. The average Bonchev–Trinajstić information content (AvgIpc) is 2.72. The lowest BCUT2D eigenvalue weighted by molar-refractivity contribution is 0.557. The molecule has 4 rings (SSSR count). The summed E-state index contributed by atoms with van der Waals surface area (Å²) in [5.74, 6) is 0. The molecule has 2 aromatic rings. The van der Waals surface area contributed by atoms with Gasteiger partial charge in [0.25, 0.3) is 0 Å². The molecule has 0 bridgehead atoms. The van der Waals surface area contributed by atoms with Crippen molar-refractivity contribution in [2.45, 2.75) is 26.7 Å². The maximum absolute atomic E-state index is 4.88. The highest BCUT2D eigenvalue weighted by Gasteiger charge is 2.11. The summed E-state index contributed by atoms with van der Waals surface area (Å²) in [6, 6.07) is 23.3. The first-order valence-electron chi connectivity index (χ1n) is 10.0. The van der Waals surface area contributed by atoms with Crippen molar-refractivity contribution >= 4 is 32.9 Å². The molecular weight excluding hydrogens is 362 g/mol. The summed E-state index contributed by atoms with van der Waals surface area (Å²) >= 11 is 1.81. The van der Waals surface area contributed by atoms with Crippen molar-refractivity contribution in [2.24, 2.45) is 0 Å². The molecule has 4 heteroatoms. The minimum atomic E-state index is 1.04. The molecule has 0 radical (unpaired) electrons. The topological polar surface area (TPSA) is 27.9 Å². The Hall–Kier alpha value is -2.72. The highest BCUT2D eigenvalue weighted by Crippen LogP contribution is 2.31. The van der Waals surface area contributed by atoms with Gasteiger partial charge in [-0.05, 0) is 36.4 Å². The molecule has 0 amide bonds. The third-order valence-electron chi connectivity index (χ3n) is 4.78. The van der Waals surface area contributed by atoms with Crippen LogP contribution in [0, 0.1) is 0 Å². The Morgan fingerprint density at radius 3 is 2.39 bits per heavy atom. The van der Waals surface area contributed by atoms with Gasteiger partial charge in [-0.25, -0.2) is 9.56 Å². The van der Waals surface area contributed by atoms with E-state index in [-0.39, 0.29) is 0 Å². The number of hydrogen-bond donors (Lipinski definition) is 1. The highest BCUT2D eigenvalue weighted by molar-refractivity contribution is 7.21. The number of para-hydroxylation sites is 1. The molecule has 142 valence electrons. The maximum atomic E-state index is 4.88. The van der Waals surface area contributed by atoms with Gasteiger partial charge in [-0.3, -0.25) is 0 Å². The minimum Gasteiger partial charge on any atom is -0.355 e. The van der Waals surface area contributed by atoms with Gasteiger partial charge in [-0.15, -0.1) is 11.3 Å². The van der Waals surface area contributed by atoms with Crippen molar-refractivity contribution in [1.29, 1.82) is 0 Å². The van der Waals surface area contributed by atoms with Gasteiger partial charge in [0.05, 0.1) is 20.8 Å². The van der Waals surface area contributed by atoms with Crippen LogP contribution in [0.15, 0.2) is 66.7 Å². The predicted octanol–water partition coefficient (Wildman–Crippen LogP) is 5.74. The second kappa shape index (κ2) is 8.53. The van der Waals surface area contributed by atoms with Crippen molar-refractivity contribution in [2.75, 3.05) is 18.4 Å². The third kappa shape index (κ3) is 4.07. The van der Waals surface area contributed by atoms with Crippen LogP contribution in [0.25, 0.3) is 20.8 Å². The molecule has 1 aliphatic carbocycles. The van der Waals surface area contributed by atoms with Crippen molar-refractivity contribution in [3.05, 3.63) is 72.1 Å². The van der Waals surface area contributed by atoms with Gasteiger partial charge in [0.1, 0.15) is 13.1 Å². The molecule has 0 unspecified atom stereocenters. The monoisotopic (exact) mass is 388 g/mol. The van der Waals surface area contributed by atoms with Gasteiger partial charge in [0, 0.05) is 36.3 Å². The summed E-state index contributed by atoms with van der Waals surface area (Å²) in [4.78, 5) is 6.12. The lowest BCUT2D eigenvalue weighted by Crippen LogP contribution is -2.31. The van der Waals surface area contributed by atoms with Gasteiger partial charge >= 0.3 is 0 Å². The van der Waals surface area contributed by atoms with E-state index in [4.69, 9.17) is 4.98 Å². The third-order valence-corrected chi connectivity index (χ3v) is 5.87. The Morgan fingerprint density at radius 2 is 1.64 bits per heavy atom. The molecule has 3 nitrogen and oxygen atoms in total. The standard InChI is InChI=1S/C24H25N3S/c1-3-14-27(15-4-2)20-11-13-22-24(17-20)28-23-16-19(10-12-21(23)26-22)25-18-8-6-5-7-9-18/h5-13,16-17H,3-4,14-15H2,1-2H3/p+1. The molecule has 0 saturated carbocycles. The number of rotatable bonds is 6. The van der Waals surface area contributed by atoms with Crippen LogP contribution in [0.5, 0.6) is 0 Å². The summed E-state index contributed by atoms with van der Waals surface area (Å²) < 4.78 is 3.67. The van der Waals surface area contributed by atoms with Crippen molar-refractivity contribution in [1.82, 2.24) is 9.56 Å². The van der Waals surface area contributed by atoms with Crippen LogP contribution in [0.1, 0.15) is 26.7 Å². The first-order valence-corrected chi connectivity index (χ1v) is 10.8. The van der Waals surface area contributed by atoms with E-state index in [0.29, 0.717) is 0 Å². The fourth-order valence-electron chi connectivity index (χ4n) is 3.49. The molecule has 0 saturated heterocycles. The predicted molar refractivity (Wildman–Crippen MR) is 122 cm³/mol. The molecular formula is C24H26N3S+. The molecule has 2 aliphatic rings. The summed E-state index contributed by atoms with van der Waals surface area (Å²) in [5, 5.41) is 4.78. The van der Waals surface area contributed by atoms with E-state index in [2.05, 4.69) is 72.3 Å². The van der Waals surface area contributed by atoms with Crippen molar-refractivity contribution < 1.29 is 0 Å². The highest BCUT2D eigenvalue weighted by atomic mass is 32.1. The Morgan fingerprint density at radius 1 is 0.857 bits per heavy atom. The lowest BCUT2D eigenvalue weighted by Gasteiger charge is -2.09. The number of fused-ring (bicyclic) bond motifs is 2. The molecule has 0 fully saturated rings. The average molecular weight is 389 g/mol. The Labute approximate surface area is 170 Å². The van der Waals surface area contributed by atoms with Gasteiger partial charge in [0.2, 0.25) is 5.36 Å². The van der Waals surface area contributed by atoms with Crippen LogP contribution in [-0.2, 0) is 0 Å². The molecule has 1 aliphatic heterocycles. The summed E-state index contributed by atoms with van der Waals surface area (Å²) in [5.41, 5.74) is 4.30. The second-order valence-corrected chi connectivity index (χ2v) is 8.11. The largest absolute Gasteiger partial charge is 0.355 e. The first kappa shape index (κ1) is 18.6. The Bertz CT molecular complexity index is 1110. The van der Waals surface area contributed by atoms with Crippen molar-refractivity contribution in [3.63, 3.8) is 0 Å². The zero-order valence-corrected chi connectivity index (χ0v) is 17.3. The fraction of sp³-hybridized carbons (Fsp3) is 0.250. The number of benzene rings is 3. The number of nitrogens with zero attached hydrogens (tertiary/aromatic N) is 2. The number of aromatic nitrogens is 1. The van der Waals surface area contributed by atoms with Crippen LogP contribution in [0.2, 0.25) is 0 Å². The molecule has 1 heterocycles. The minimum absolute atomic E-state index is 1.04. The second-order valence-electron chi connectivity index (χ2n) is 7.03. The first-order chi connectivity index (χ1) is 13.8. The van der Waals surface area contributed by atoms with Gasteiger partial charge in [-0.2, -0.15) is 0 Å². The summed E-state index contributed by atoms with van der Waals surface area (Å²) in [6.45, 7) is 6.66. The van der Waals surface area contributed by atoms with E-state index >= 15 is 0 Å². The van der Waals surface area contributed by atoms with E-state index in [1.807, 2.05) is 29.5 Å². The van der Waals surface area contributed by atoms with E-state index in [9.17, 15) is 0 Å². The quantitative estimate of drug-likeness (QED) is 0.337. The van der Waals surface area contributed by atoms with Crippen LogP contribution in [-0.4, -0.2) is 18.1 Å². The maximum Gasteiger partial charge on any atom is 0.201 e. The van der Waals surface area contributed by atoms with E-state index in [1.54, 1.807) is 0 Å². The lowest BCUT2D eigenvalue weighted by atomic mass is 10.2. The Balaban J connectivity index is 1.78. The number of anilines is 2. The number of hydrogen-bond acceptors (Lipinski definition) is 3. The van der Waals surface area contributed by atoms with Crippen LogP contribution < -0.4 is 15.2 Å². The zero-order valence-electron chi connectivity index (χ0n) is 16.5. The molecule has 1 N–H and O–H groups in total. The van der Waals surface area contributed by atoms with E-state index in [0.717, 1.165) is 48.5 Å². The summed E-state index contributed by atoms with van der Waals surface area (Å²) in [6.07, 6.45) is 2.32. The van der Waals surface area contributed by atoms with Crippen LogP contribution in [0.3, 0.4) is 0 Å². The van der Waals surface area contributed by atoms with Crippen molar-refractivity contribution in [3.8, 4) is 10.6 Å². The molecule has 2 aromatic carbocycles. The molecule has 0 spiro atoms. The van der Waals surface area contributed by atoms with Gasteiger partial charge < -0.3 is 5.32 Å². The van der Waals surface area contributed by atoms with Crippen LogP contribution >= 0.6 is 11.3 Å². The van der Waals surface area contributed by atoms with Crippen LogP contribution in [0.4, 0.5) is 11.4 Å². The molecule has 0 aromatic heterocycles. The normalized spacial score (nSPS) is 11.1. The molecule has 28 heavy (non-hydrogen) atoms. The van der Waals surface area contributed by atoms with Gasteiger partial charge in [0.15, 0.2) is 0 Å². The van der Waals surface area contributed by atoms with E-state index < -0.39 is 0 Å². The molecule has 0 atom stereocenters. The smallest absolute Gasteiger partial charge is 0.201 e. The fourth-order valence-corrected chi connectivity index (χ4v) is 4.52. The number of nitrogens with one attached hydrogen (secondary N) is 1. The zero-order chi connectivity index (χ0) is 19.3. The van der Waals surface area contributed by atoms with E-state index in [1.165, 1.54) is 14.9 Å². The SMILES string of the molecule is CCC[N+](CCC)=c1ccc2nc3ccc(Nc4ccccc4)cc3sc-2c1. The van der Waals surface area contributed by atoms with Gasteiger partial charge in [-0.1, -0.05) is 32.0 Å². The Kier molecular flexibility index (Phi) is 5.68.